The number of aromatic nitrogens is 4. The molecule has 210 valence electrons. The molecule has 0 aliphatic carbocycles. The van der Waals surface area contributed by atoms with E-state index in [-0.39, 0.29) is 23.3 Å². The third-order valence-electron chi connectivity index (χ3n) is 7.21. The van der Waals surface area contributed by atoms with Gasteiger partial charge in [-0.05, 0) is 58.0 Å². The number of aryl methyl sites for hydroxylation is 1. The van der Waals surface area contributed by atoms with Crippen LogP contribution in [0.3, 0.4) is 0 Å². The largest absolute Gasteiger partial charge is 0.422 e. The molecule has 0 amide bonds. The monoisotopic (exact) mass is 556 g/mol. The molecule has 3 aromatic heterocycles. The maximum atomic E-state index is 15.1. The van der Waals surface area contributed by atoms with Crippen LogP contribution in [0.25, 0.3) is 33.3 Å². The Kier molecular flexibility index (Phi) is 6.74. The average Bonchev–Trinajstić information content (AvgIpc) is 3.29. The molecule has 41 heavy (non-hydrogen) atoms. The van der Waals surface area contributed by atoms with Crippen molar-refractivity contribution in [3.63, 3.8) is 0 Å². The van der Waals surface area contributed by atoms with E-state index in [0.717, 1.165) is 5.82 Å². The minimum Gasteiger partial charge on any atom is -0.422 e. The fourth-order valence-corrected chi connectivity index (χ4v) is 5.47. The first kappa shape index (κ1) is 26.6. The fraction of sp³-hybridized carbons (Fsp3) is 0.300. The summed E-state index contributed by atoms with van der Waals surface area (Å²) < 4.78 is 28.1. The van der Waals surface area contributed by atoms with Crippen molar-refractivity contribution < 1.29 is 18.3 Å². The second-order valence-corrected chi connectivity index (χ2v) is 10.3. The van der Waals surface area contributed by atoms with Gasteiger partial charge < -0.3 is 23.9 Å². The van der Waals surface area contributed by atoms with Gasteiger partial charge in [-0.1, -0.05) is 0 Å². The van der Waals surface area contributed by atoms with E-state index in [4.69, 9.17) is 9.15 Å². The molecule has 10 nitrogen and oxygen atoms in total. The maximum Gasteiger partial charge on any atom is 0.349 e. The zero-order valence-corrected chi connectivity index (χ0v) is 23.2. The molecule has 1 N–H and O–H groups in total. The summed E-state index contributed by atoms with van der Waals surface area (Å²) in [5.74, 6) is 0.257. The highest BCUT2D eigenvalue weighted by atomic mass is 19.1. The lowest BCUT2D eigenvalue weighted by atomic mass is 10.1. The molecule has 5 aromatic rings. The molecule has 0 saturated carbocycles. The number of fused-ring (bicyclic) bond motifs is 2. The summed E-state index contributed by atoms with van der Waals surface area (Å²) >= 11 is 0. The second kappa shape index (κ2) is 10.4. The number of anilines is 3. The smallest absolute Gasteiger partial charge is 0.349 e. The van der Waals surface area contributed by atoms with E-state index in [2.05, 4.69) is 20.3 Å². The first-order chi connectivity index (χ1) is 19.7. The van der Waals surface area contributed by atoms with Gasteiger partial charge in [0.1, 0.15) is 22.5 Å². The number of nitrogens with one attached hydrogen (secondary N) is 1. The lowest BCUT2D eigenvalue weighted by Gasteiger charge is -2.30. The van der Waals surface area contributed by atoms with Gasteiger partial charge in [-0.25, -0.2) is 24.1 Å². The number of hydrogen-bond acceptors (Lipinski definition) is 9. The van der Waals surface area contributed by atoms with E-state index in [1.807, 2.05) is 42.4 Å². The highest BCUT2D eigenvalue weighted by Crippen LogP contribution is 2.33. The zero-order chi connectivity index (χ0) is 28.8. The highest BCUT2D eigenvalue weighted by Gasteiger charge is 2.25. The number of imidazole rings is 1. The number of hydrogen-bond donors (Lipinski definition) is 1. The van der Waals surface area contributed by atoms with Crippen LogP contribution in [0.4, 0.5) is 21.7 Å². The fourth-order valence-electron chi connectivity index (χ4n) is 5.47. The van der Waals surface area contributed by atoms with E-state index >= 15 is 4.39 Å². The molecule has 4 heterocycles. The normalized spacial score (nSPS) is 13.9. The molecule has 0 unspecified atom stereocenters. The van der Waals surface area contributed by atoms with E-state index in [0.29, 0.717) is 70.9 Å². The zero-order valence-electron chi connectivity index (χ0n) is 23.2. The number of rotatable bonds is 6. The van der Waals surface area contributed by atoms with Crippen LogP contribution in [0.1, 0.15) is 43.0 Å². The number of nitrogens with zero attached hydrogens (tertiary/aromatic N) is 5. The van der Waals surface area contributed by atoms with Crippen LogP contribution in [-0.4, -0.2) is 51.6 Å². The van der Waals surface area contributed by atoms with Crippen LogP contribution in [0.2, 0.25) is 0 Å². The molecule has 1 saturated heterocycles. The van der Waals surface area contributed by atoms with Gasteiger partial charge in [0.05, 0.1) is 30.1 Å². The average molecular weight is 557 g/mol. The van der Waals surface area contributed by atoms with Crippen LogP contribution in [0.5, 0.6) is 0 Å². The van der Waals surface area contributed by atoms with Crippen molar-refractivity contribution in [2.45, 2.75) is 33.7 Å². The number of ether oxygens (including phenoxy) is 1. The maximum absolute atomic E-state index is 15.1. The van der Waals surface area contributed by atoms with Crippen molar-refractivity contribution in [3.8, 4) is 11.3 Å². The Morgan fingerprint density at radius 2 is 1.88 bits per heavy atom. The predicted molar refractivity (Wildman–Crippen MR) is 155 cm³/mol. The van der Waals surface area contributed by atoms with E-state index in [1.165, 1.54) is 13.0 Å². The Labute approximate surface area is 234 Å². The van der Waals surface area contributed by atoms with Crippen molar-refractivity contribution in [1.29, 1.82) is 0 Å². The Hall–Kier alpha value is -4.64. The summed E-state index contributed by atoms with van der Waals surface area (Å²) in [4.78, 5) is 40.6. The van der Waals surface area contributed by atoms with Gasteiger partial charge in [-0.3, -0.25) is 4.79 Å². The molecule has 0 radical (unpaired) electrons. The predicted octanol–water partition coefficient (Wildman–Crippen LogP) is 5.41. The first-order valence-electron chi connectivity index (χ1n) is 13.4. The second-order valence-electron chi connectivity index (χ2n) is 10.3. The molecule has 11 heteroatoms. The van der Waals surface area contributed by atoms with Crippen LogP contribution in [-0.2, 0) is 4.74 Å². The molecule has 0 atom stereocenters. The molecule has 0 bridgehead atoms. The van der Waals surface area contributed by atoms with Crippen molar-refractivity contribution in [3.05, 3.63) is 70.2 Å². The third-order valence-corrected chi connectivity index (χ3v) is 7.21. The van der Waals surface area contributed by atoms with Gasteiger partial charge in [0.15, 0.2) is 11.6 Å². The molecular formula is C30H29FN6O4. The Balaban J connectivity index is 1.37. The van der Waals surface area contributed by atoms with Gasteiger partial charge in [-0.2, -0.15) is 0 Å². The van der Waals surface area contributed by atoms with Crippen molar-refractivity contribution in [2.75, 3.05) is 36.5 Å². The number of Topliss-reactive ketones (excluding diaryl/α,β-unsaturated/α-hetero) is 1. The Morgan fingerprint density at radius 3 is 2.61 bits per heavy atom. The lowest BCUT2D eigenvalue weighted by molar-refractivity contribution is 0.101. The van der Waals surface area contributed by atoms with Gasteiger partial charge in [0, 0.05) is 48.0 Å². The van der Waals surface area contributed by atoms with E-state index in [9.17, 15) is 9.59 Å². The summed E-state index contributed by atoms with van der Waals surface area (Å²) in [7, 11) is 0. The number of morpholine rings is 1. The molecule has 0 spiro atoms. The van der Waals surface area contributed by atoms with Crippen molar-refractivity contribution in [2.24, 2.45) is 0 Å². The van der Waals surface area contributed by atoms with Crippen molar-refractivity contribution >= 4 is 45.1 Å². The van der Waals surface area contributed by atoms with Gasteiger partial charge in [-0.15, -0.1) is 0 Å². The number of halogens is 1. The van der Waals surface area contributed by atoms with Crippen LogP contribution >= 0.6 is 0 Å². The van der Waals surface area contributed by atoms with Gasteiger partial charge >= 0.3 is 5.63 Å². The SMILES string of the molecule is CC(=O)c1c(N2CCOCC2)c2ccc(Nc3nccc(-c4cc(F)c5nc(C)n(C(C)C)c5c4)n3)cc2oc1=O. The van der Waals surface area contributed by atoms with Gasteiger partial charge in [0.25, 0.3) is 0 Å². The van der Waals surface area contributed by atoms with Gasteiger partial charge in [0.2, 0.25) is 5.95 Å². The Morgan fingerprint density at radius 1 is 1.10 bits per heavy atom. The summed E-state index contributed by atoms with van der Waals surface area (Å²) in [6.45, 7) is 9.41. The van der Waals surface area contributed by atoms with Crippen LogP contribution in [0, 0.1) is 12.7 Å². The van der Waals surface area contributed by atoms with E-state index in [1.54, 1.807) is 24.4 Å². The topological polar surface area (TPSA) is 115 Å². The standard InChI is InChI=1S/C30H29FN6O4/c1-16(2)37-18(4)33-27-22(31)13-19(14-24(27)37)23-7-8-32-30(35-23)34-20-5-6-21-25(15-20)41-29(39)26(17(3)38)28(21)36-9-11-40-12-10-36/h5-8,13-16H,9-12H2,1-4H3,(H,32,34,35). The van der Waals surface area contributed by atoms with Crippen LogP contribution < -0.4 is 15.8 Å². The molecule has 6 rings (SSSR count). The van der Waals surface area contributed by atoms with E-state index < -0.39 is 11.4 Å². The van der Waals surface area contributed by atoms with Crippen LogP contribution in [0.15, 0.2) is 51.8 Å². The summed E-state index contributed by atoms with van der Waals surface area (Å²) in [6, 6.07) is 10.4. The minimum atomic E-state index is -0.685. The number of carbonyl (C=O) groups is 1. The molecular weight excluding hydrogens is 527 g/mol. The number of benzene rings is 2. The minimum absolute atomic E-state index is 0.0364. The summed E-state index contributed by atoms with van der Waals surface area (Å²) in [5.41, 5.74) is 2.98. The molecule has 1 fully saturated rings. The molecule has 2 aromatic carbocycles. The third kappa shape index (κ3) is 4.82. The first-order valence-corrected chi connectivity index (χ1v) is 13.4. The Bertz CT molecular complexity index is 1870. The summed E-state index contributed by atoms with van der Waals surface area (Å²) in [6.07, 6.45) is 1.59. The number of ketones is 1. The highest BCUT2D eigenvalue weighted by molar-refractivity contribution is 6.07. The number of carbonyl (C=O) groups excluding carboxylic acids is 1. The summed E-state index contributed by atoms with van der Waals surface area (Å²) in [5, 5.41) is 3.80. The lowest BCUT2D eigenvalue weighted by Crippen LogP contribution is -2.38. The molecule has 1 aliphatic heterocycles. The molecule has 1 aliphatic rings. The quantitative estimate of drug-likeness (QED) is 0.216. The van der Waals surface area contributed by atoms with Crippen molar-refractivity contribution in [1.82, 2.24) is 19.5 Å².